The molecule has 1 aliphatic heterocycles. The average molecular weight is 350 g/mol. The lowest BCUT2D eigenvalue weighted by Gasteiger charge is -2.22. The molecule has 132 valence electrons. The highest BCUT2D eigenvalue weighted by Crippen LogP contribution is 2.34. The van der Waals surface area contributed by atoms with E-state index in [9.17, 15) is 4.79 Å². The number of likely N-dealkylation sites (tertiary alicyclic amines) is 1. The summed E-state index contributed by atoms with van der Waals surface area (Å²) < 4.78 is 10.7. The van der Waals surface area contributed by atoms with Crippen LogP contribution in [0.15, 0.2) is 53.2 Å². The van der Waals surface area contributed by atoms with Gasteiger partial charge in [0.2, 0.25) is 17.6 Å². The highest BCUT2D eigenvalue weighted by atomic mass is 16.5. The molecule has 1 fully saturated rings. The Morgan fingerprint density at radius 2 is 2.08 bits per heavy atom. The van der Waals surface area contributed by atoms with E-state index in [-0.39, 0.29) is 11.9 Å². The van der Waals surface area contributed by atoms with Crippen molar-refractivity contribution in [3.8, 4) is 17.3 Å². The third kappa shape index (κ3) is 2.92. The predicted octanol–water partition coefficient (Wildman–Crippen LogP) is 3.12. The molecular formula is C19H18N4O3. The largest absolute Gasteiger partial charge is 0.480 e. The highest BCUT2D eigenvalue weighted by Gasteiger charge is 2.35. The van der Waals surface area contributed by atoms with Gasteiger partial charge in [-0.1, -0.05) is 35.5 Å². The van der Waals surface area contributed by atoms with Crippen molar-refractivity contribution in [2.45, 2.75) is 18.9 Å². The number of benzene rings is 1. The van der Waals surface area contributed by atoms with E-state index in [0.29, 0.717) is 29.7 Å². The molecular weight excluding hydrogens is 332 g/mol. The van der Waals surface area contributed by atoms with E-state index >= 15 is 0 Å². The average Bonchev–Trinajstić information content (AvgIpc) is 3.37. The van der Waals surface area contributed by atoms with Crippen LogP contribution in [0.2, 0.25) is 0 Å². The van der Waals surface area contributed by atoms with E-state index in [1.807, 2.05) is 30.3 Å². The van der Waals surface area contributed by atoms with Gasteiger partial charge in [0.05, 0.1) is 7.11 Å². The Labute approximate surface area is 150 Å². The fraction of sp³-hybridized carbons (Fsp3) is 0.263. The Kier molecular flexibility index (Phi) is 4.35. The number of aromatic nitrogens is 3. The van der Waals surface area contributed by atoms with Gasteiger partial charge in [-0.25, -0.2) is 4.98 Å². The topological polar surface area (TPSA) is 81.4 Å². The van der Waals surface area contributed by atoms with E-state index in [4.69, 9.17) is 9.26 Å². The number of nitrogens with zero attached hydrogens (tertiary/aromatic N) is 4. The maximum atomic E-state index is 13.0. The summed E-state index contributed by atoms with van der Waals surface area (Å²) in [7, 11) is 1.50. The van der Waals surface area contributed by atoms with Crippen LogP contribution < -0.4 is 4.74 Å². The van der Waals surface area contributed by atoms with Gasteiger partial charge in [0.1, 0.15) is 11.6 Å². The Morgan fingerprint density at radius 1 is 1.23 bits per heavy atom. The van der Waals surface area contributed by atoms with Gasteiger partial charge in [0.15, 0.2) is 0 Å². The molecule has 4 rings (SSSR count). The molecule has 26 heavy (non-hydrogen) atoms. The van der Waals surface area contributed by atoms with Crippen molar-refractivity contribution < 1.29 is 14.1 Å². The lowest BCUT2D eigenvalue weighted by Crippen LogP contribution is -2.31. The molecule has 0 bridgehead atoms. The van der Waals surface area contributed by atoms with Crippen LogP contribution in [-0.2, 0) is 0 Å². The Hall–Kier alpha value is -3.22. The normalized spacial score (nSPS) is 16.7. The van der Waals surface area contributed by atoms with Gasteiger partial charge in [-0.05, 0) is 25.0 Å². The molecule has 3 heterocycles. The molecule has 0 spiro atoms. The smallest absolute Gasteiger partial charge is 0.260 e. The van der Waals surface area contributed by atoms with E-state index < -0.39 is 0 Å². The standard InChI is InChI=1S/C19H18N4O3/c1-25-17-14(9-5-11-20-17)19(24)23-12-6-10-15(23)18-21-16(22-26-18)13-7-3-2-4-8-13/h2-5,7-9,11,15H,6,10,12H2,1H3/t15-/m0/s1. The van der Waals surface area contributed by atoms with Crippen LogP contribution in [0.25, 0.3) is 11.4 Å². The zero-order valence-electron chi connectivity index (χ0n) is 14.3. The van der Waals surface area contributed by atoms with Gasteiger partial charge in [-0.2, -0.15) is 4.98 Å². The maximum Gasteiger partial charge on any atom is 0.260 e. The monoisotopic (exact) mass is 350 g/mol. The molecule has 1 aliphatic rings. The number of methoxy groups -OCH3 is 1. The first-order valence-electron chi connectivity index (χ1n) is 8.47. The molecule has 1 amide bonds. The molecule has 0 unspecified atom stereocenters. The summed E-state index contributed by atoms with van der Waals surface area (Å²) in [4.78, 5) is 23.4. The quantitative estimate of drug-likeness (QED) is 0.719. The van der Waals surface area contributed by atoms with Crippen molar-refractivity contribution in [3.63, 3.8) is 0 Å². The lowest BCUT2D eigenvalue weighted by molar-refractivity contribution is 0.0706. The fourth-order valence-electron chi connectivity index (χ4n) is 3.21. The van der Waals surface area contributed by atoms with E-state index in [0.717, 1.165) is 18.4 Å². The summed E-state index contributed by atoms with van der Waals surface area (Å²) in [5.74, 6) is 1.16. The molecule has 1 saturated heterocycles. The summed E-state index contributed by atoms with van der Waals surface area (Å²) in [6, 6.07) is 12.8. The molecule has 7 heteroatoms. The molecule has 0 N–H and O–H groups in total. The first kappa shape index (κ1) is 16.3. The first-order chi connectivity index (χ1) is 12.8. The number of ether oxygens (including phenoxy) is 1. The Bertz CT molecular complexity index is 910. The summed E-state index contributed by atoms with van der Waals surface area (Å²) >= 11 is 0. The number of hydrogen-bond acceptors (Lipinski definition) is 6. The zero-order valence-corrected chi connectivity index (χ0v) is 14.3. The molecule has 1 atom stereocenters. The minimum Gasteiger partial charge on any atom is -0.480 e. The Morgan fingerprint density at radius 3 is 2.88 bits per heavy atom. The van der Waals surface area contributed by atoms with E-state index in [1.165, 1.54) is 7.11 Å². The number of rotatable bonds is 4. The van der Waals surface area contributed by atoms with Gasteiger partial charge in [-0.3, -0.25) is 4.79 Å². The molecule has 0 saturated carbocycles. The molecule has 0 aliphatic carbocycles. The molecule has 7 nitrogen and oxygen atoms in total. The van der Waals surface area contributed by atoms with Gasteiger partial charge in [-0.15, -0.1) is 0 Å². The van der Waals surface area contributed by atoms with Crippen molar-refractivity contribution in [2.24, 2.45) is 0 Å². The number of hydrogen-bond donors (Lipinski definition) is 0. The van der Waals surface area contributed by atoms with Crippen LogP contribution >= 0.6 is 0 Å². The second kappa shape index (κ2) is 6.95. The van der Waals surface area contributed by atoms with Gasteiger partial charge >= 0.3 is 0 Å². The highest BCUT2D eigenvalue weighted by molar-refractivity contribution is 5.96. The summed E-state index contributed by atoms with van der Waals surface area (Å²) in [6.07, 6.45) is 3.26. The first-order valence-corrected chi connectivity index (χ1v) is 8.47. The van der Waals surface area contributed by atoms with Crippen molar-refractivity contribution in [3.05, 3.63) is 60.1 Å². The van der Waals surface area contributed by atoms with Crippen LogP contribution in [0, 0.1) is 0 Å². The molecule has 1 aromatic carbocycles. The van der Waals surface area contributed by atoms with Crippen molar-refractivity contribution in [1.82, 2.24) is 20.0 Å². The second-order valence-electron chi connectivity index (χ2n) is 6.04. The maximum absolute atomic E-state index is 13.0. The number of carbonyl (C=O) groups excluding carboxylic acids is 1. The molecule has 3 aromatic rings. The third-order valence-electron chi connectivity index (χ3n) is 4.47. The third-order valence-corrected chi connectivity index (χ3v) is 4.47. The fourth-order valence-corrected chi connectivity index (χ4v) is 3.21. The minimum absolute atomic E-state index is 0.142. The zero-order chi connectivity index (χ0) is 17.9. The van der Waals surface area contributed by atoms with Crippen LogP contribution in [0.5, 0.6) is 5.88 Å². The molecule has 0 radical (unpaired) electrons. The van der Waals surface area contributed by atoms with Crippen molar-refractivity contribution in [2.75, 3.05) is 13.7 Å². The summed E-state index contributed by atoms with van der Waals surface area (Å²) in [5.41, 5.74) is 1.32. The van der Waals surface area contributed by atoms with Crippen molar-refractivity contribution in [1.29, 1.82) is 0 Å². The summed E-state index contributed by atoms with van der Waals surface area (Å²) in [5, 5.41) is 4.07. The van der Waals surface area contributed by atoms with Gasteiger partial charge in [0, 0.05) is 18.3 Å². The second-order valence-corrected chi connectivity index (χ2v) is 6.04. The van der Waals surface area contributed by atoms with E-state index in [1.54, 1.807) is 23.2 Å². The number of carbonyl (C=O) groups is 1. The number of pyridine rings is 1. The minimum atomic E-state index is -0.239. The van der Waals surface area contributed by atoms with Gasteiger partial charge in [0.25, 0.3) is 5.91 Å². The lowest BCUT2D eigenvalue weighted by atomic mass is 10.2. The Balaban J connectivity index is 1.61. The van der Waals surface area contributed by atoms with Crippen LogP contribution in [0.3, 0.4) is 0 Å². The van der Waals surface area contributed by atoms with Gasteiger partial charge < -0.3 is 14.2 Å². The van der Waals surface area contributed by atoms with Crippen molar-refractivity contribution >= 4 is 5.91 Å². The van der Waals surface area contributed by atoms with E-state index in [2.05, 4.69) is 15.1 Å². The van der Waals surface area contributed by atoms with Crippen LogP contribution in [-0.4, -0.2) is 39.6 Å². The summed E-state index contributed by atoms with van der Waals surface area (Å²) in [6.45, 7) is 0.630. The SMILES string of the molecule is COc1ncccc1C(=O)N1CCC[C@H]1c1nc(-c2ccccc2)no1. The van der Waals surface area contributed by atoms with Crippen LogP contribution in [0.4, 0.5) is 0 Å². The molecule has 2 aromatic heterocycles. The van der Waals surface area contributed by atoms with Crippen LogP contribution in [0.1, 0.15) is 35.1 Å². The predicted molar refractivity (Wildman–Crippen MR) is 93.5 cm³/mol. The number of amides is 1.